The summed E-state index contributed by atoms with van der Waals surface area (Å²) in [5.74, 6) is 0.751. The summed E-state index contributed by atoms with van der Waals surface area (Å²) < 4.78 is 5.30. The summed E-state index contributed by atoms with van der Waals surface area (Å²) in [6, 6.07) is 14.0. The lowest BCUT2D eigenvalue weighted by atomic mass is 10.1. The van der Waals surface area contributed by atoms with Crippen LogP contribution in [0.5, 0.6) is 5.75 Å². The highest BCUT2D eigenvalue weighted by Crippen LogP contribution is 2.32. The highest BCUT2D eigenvalue weighted by molar-refractivity contribution is 5.92. The summed E-state index contributed by atoms with van der Waals surface area (Å²) in [5.41, 5.74) is 3.42. The van der Waals surface area contributed by atoms with Gasteiger partial charge in [-0.05, 0) is 42.7 Å². The molecule has 3 aromatic rings. The van der Waals surface area contributed by atoms with Crippen molar-refractivity contribution in [3.8, 4) is 5.75 Å². The lowest BCUT2D eigenvalue weighted by Gasteiger charge is -2.24. The number of hydrogen-bond donors (Lipinski definition) is 0. The molecule has 6 heteroatoms. The number of pyridine rings is 1. The predicted molar refractivity (Wildman–Crippen MR) is 105 cm³/mol. The average Bonchev–Trinajstić information content (AvgIpc) is 3.24. The van der Waals surface area contributed by atoms with Gasteiger partial charge in [0.05, 0.1) is 25.0 Å². The molecule has 4 rings (SSSR count). The number of likely N-dealkylation sites (tertiary alicyclic amines) is 1. The number of rotatable bonds is 5. The highest BCUT2D eigenvalue weighted by Gasteiger charge is 2.32. The van der Waals surface area contributed by atoms with E-state index in [2.05, 4.69) is 16.0 Å². The van der Waals surface area contributed by atoms with E-state index >= 15 is 0 Å². The van der Waals surface area contributed by atoms with Crippen molar-refractivity contribution in [2.45, 2.75) is 25.3 Å². The van der Waals surface area contributed by atoms with Gasteiger partial charge in [-0.3, -0.25) is 14.8 Å². The molecule has 1 aliphatic heterocycles. The second kappa shape index (κ2) is 8.17. The number of carbonyl (C=O) groups is 1. The third kappa shape index (κ3) is 3.86. The molecule has 1 atom stereocenters. The Hall–Kier alpha value is -3.28. The largest absolute Gasteiger partial charge is 0.497 e. The van der Waals surface area contributed by atoms with E-state index in [4.69, 9.17) is 9.72 Å². The summed E-state index contributed by atoms with van der Waals surface area (Å²) in [5, 5.41) is 0. The van der Waals surface area contributed by atoms with Gasteiger partial charge in [-0.2, -0.15) is 0 Å². The van der Waals surface area contributed by atoms with Crippen LogP contribution >= 0.6 is 0 Å². The molecule has 3 heterocycles. The predicted octanol–water partition coefficient (Wildman–Crippen LogP) is 3.45. The first-order valence-electron chi connectivity index (χ1n) is 9.40. The number of hydrogen-bond acceptors (Lipinski definition) is 5. The molecule has 28 heavy (non-hydrogen) atoms. The summed E-state index contributed by atoms with van der Waals surface area (Å²) in [7, 11) is 1.67. The van der Waals surface area contributed by atoms with E-state index in [1.165, 1.54) is 6.20 Å². The number of ether oxygens (including phenoxy) is 1. The van der Waals surface area contributed by atoms with Crippen molar-refractivity contribution >= 4 is 5.91 Å². The van der Waals surface area contributed by atoms with Crippen LogP contribution in [-0.2, 0) is 6.42 Å². The molecule has 1 aromatic carbocycles. The van der Waals surface area contributed by atoms with Crippen molar-refractivity contribution in [3.63, 3.8) is 0 Å². The topological polar surface area (TPSA) is 68.2 Å². The highest BCUT2D eigenvalue weighted by atomic mass is 16.5. The van der Waals surface area contributed by atoms with E-state index in [0.29, 0.717) is 12.2 Å². The van der Waals surface area contributed by atoms with Crippen molar-refractivity contribution in [2.24, 2.45) is 0 Å². The molecular formula is C22H22N4O2. The van der Waals surface area contributed by atoms with E-state index in [-0.39, 0.29) is 11.9 Å². The fourth-order valence-electron chi connectivity index (χ4n) is 3.65. The molecule has 142 valence electrons. The minimum absolute atomic E-state index is 0.0280. The van der Waals surface area contributed by atoms with E-state index in [1.54, 1.807) is 19.5 Å². The lowest BCUT2D eigenvalue weighted by molar-refractivity contribution is 0.0726. The van der Waals surface area contributed by atoms with Crippen LogP contribution in [0.1, 0.15) is 46.3 Å². The molecule has 0 saturated carbocycles. The molecule has 0 spiro atoms. The monoisotopic (exact) mass is 374 g/mol. The molecule has 0 bridgehead atoms. The van der Waals surface area contributed by atoms with Gasteiger partial charge in [-0.1, -0.05) is 18.2 Å². The zero-order valence-electron chi connectivity index (χ0n) is 15.8. The minimum Gasteiger partial charge on any atom is -0.497 e. The quantitative estimate of drug-likeness (QED) is 0.684. The van der Waals surface area contributed by atoms with Gasteiger partial charge in [0.1, 0.15) is 11.4 Å². The summed E-state index contributed by atoms with van der Waals surface area (Å²) in [6.45, 7) is 0.710. The van der Waals surface area contributed by atoms with Gasteiger partial charge in [0.15, 0.2) is 0 Å². The van der Waals surface area contributed by atoms with Gasteiger partial charge in [-0.25, -0.2) is 4.98 Å². The fourth-order valence-corrected chi connectivity index (χ4v) is 3.65. The Morgan fingerprint density at radius 1 is 1.21 bits per heavy atom. The molecule has 1 saturated heterocycles. The number of nitrogens with zero attached hydrogens (tertiary/aromatic N) is 4. The van der Waals surface area contributed by atoms with Crippen LogP contribution in [0.3, 0.4) is 0 Å². The first-order valence-corrected chi connectivity index (χ1v) is 9.40. The van der Waals surface area contributed by atoms with Crippen molar-refractivity contribution in [1.29, 1.82) is 0 Å². The molecule has 0 radical (unpaired) electrons. The SMILES string of the molecule is COc1cccc(Cc2cccc([C@H]3CCCN3C(=O)c3cnccn3)n2)c1. The molecule has 1 amide bonds. The smallest absolute Gasteiger partial charge is 0.274 e. The molecule has 1 aliphatic rings. The Morgan fingerprint density at radius 3 is 2.93 bits per heavy atom. The normalized spacial score (nSPS) is 16.2. The Balaban J connectivity index is 1.55. The Bertz CT molecular complexity index is 962. The molecule has 0 N–H and O–H groups in total. The van der Waals surface area contributed by atoms with E-state index in [1.807, 2.05) is 41.3 Å². The maximum Gasteiger partial charge on any atom is 0.274 e. The van der Waals surface area contributed by atoms with Crippen LogP contribution in [0.15, 0.2) is 61.1 Å². The molecule has 0 aliphatic carbocycles. The maximum atomic E-state index is 12.9. The van der Waals surface area contributed by atoms with Gasteiger partial charge in [-0.15, -0.1) is 0 Å². The Kier molecular flexibility index (Phi) is 5.28. The zero-order valence-corrected chi connectivity index (χ0v) is 15.8. The number of amides is 1. The van der Waals surface area contributed by atoms with Crippen LogP contribution in [0.4, 0.5) is 0 Å². The first-order chi connectivity index (χ1) is 13.7. The van der Waals surface area contributed by atoms with Crippen LogP contribution in [0.2, 0.25) is 0 Å². The van der Waals surface area contributed by atoms with Crippen molar-refractivity contribution in [2.75, 3.05) is 13.7 Å². The minimum atomic E-state index is -0.0874. The van der Waals surface area contributed by atoms with Crippen molar-refractivity contribution in [3.05, 3.63) is 83.7 Å². The molecule has 6 nitrogen and oxygen atoms in total. The van der Waals surface area contributed by atoms with E-state index in [0.717, 1.165) is 42.0 Å². The second-order valence-corrected chi connectivity index (χ2v) is 6.83. The van der Waals surface area contributed by atoms with Gasteiger partial charge < -0.3 is 9.64 Å². The molecule has 1 fully saturated rings. The summed E-state index contributed by atoms with van der Waals surface area (Å²) in [4.78, 5) is 27.8. The van der Waals surface area contributed by atoms with Crippen molar-refractivity contribution < 1.29 is 9.53 Å². The third-order valence-corrected chi connectivity index (χ3v) is 4.99. The Labute approximate surface area is 164 Å². The van der Waals surface area contributed by atoms with Crippen LogP contribution in [-0.4, -0.2) is 39.4 Å². The van der Waals surface area contributed by atoms with Crippen molar-refractivity contribution in [1.82, 2.24) is 19.9 Å². The average molecular weight is 374 g/mol. The van der Waals surface area contributed by atoms with Gasteiger partial charge in [0.2, 0.25) is 0 Å². The second-order valence-electron chi connectivity index (χ2n) is 6.83. The van der Waals surface area contributed by atoms with E-state index in [9.17, 15) is 4.79 Å². The Morgan fingerprint density at radius 2 is 2.11 bits per heavy atom. The molecule has 2 aromatic heterocycles. The third-order valence-electron chi connectivity index (χ3n) is 4.99. The van der Waals surface area contributed by atoms with Crippen LogP contribution < -0.4 is 4.74 Å². The van der Waals surface area contributed by atoms with Crippen LogP contribution in [0, 0.1) is 0 Å². The standard InChI is InChI=1S/C22H22N4O2/c1-28-18-7-2-5-16(14-18)13-17-6-3-8-19(25-17)21-9-4-12-26(21)22(27)20-15-23-10-11-24-20/h2-3,5-8,10-11,14-15,21H,4,9,12-13H2,1H3/t21-/m1/s1. The fraction of sp³-hybridized carbons (Fsp3) is 0.273. The number of carbonyl (C=O) groups excluding carboxylic acids is 1. The lowest BCUT2D eigenvalue weighted by Crippen LogP contribution is -2.31. The van der Waals surface area contributed by atoms with Crippen LogP contribution in [0.25, 0.3) is 0 Å². The maximum absolute atomic E-state index is 12.9. The summed E-state index contributed by atoms with van der Waals surface area (Å²) in [6.07, 6.45) is 7.22. The number of benzene rings is 1. The summed E-state index contributed by atoms with van der Waals surface area (Å²) >= 11 is 0. The van der Waals surface area contributed by atoms with Gasteiger partial charge in [0, 0.05) is 31.1 Å². The van der Waals surface area contributed by atoms with Gasteiger partial charge in [0.25, 0.3) is 5.91 Å². The van der Waals surface area contributed by atoms with Gasteiger partial charge >= 0.3 is 0 Å². The number of methoxy groups -OCH3 is 1. The zero-order chi connectivity index (χ0) is 19.3. The molecular weight excluding hydrogens is 352 g/mol. The van der Waals surface area contributed by atoms with E-state index < -0.39 is 0 Å². The first kappa shape index (κ1) is 18.1. The number of aromatic nitrogens is 3. The molecule has 0 unspecified atom stereocenters.